The standard InChI is InChI=1S/C18H7Br4NO2/c19-13-11-12(14(20)16(22)15(13)21)18(25)23(17(11)24)10-7-3-5-8-4-1-2-6-9(8)10/h1-7H. The summed E-state index contributed by atoms with van der Waals surface area (Å²) in [5, 5.41) is 1.82. The molecule has 0 fully saturated rings. The smallest absolute Gasteiger partial charge is 0.267 e. The lowest BCUT2D eigenvalue weighted by Crippen LogP contribution is -2.29. The molecule has 1 aliphatic heterocycles. The van der Waals surface area contributed by atoms with E-state index >= 15 is 0 Å². The summed E-state index contributed by atoms with van der Waals surface area (Å²) in [5.41, 5.74) is 1.27. The van der Waals surface area contributed by atoms with Gasteiger partial charge in [0.25, 0.3) is 11.8 Å². The summed E-state index contributed by atoms with van der Waals surface area (Å²) in [6.45, 7) is 0. The maximum absolute atomic E-state index is 13.1. The summed E-state index contributed by atoms with van der Waals surface area (Å²) in [6.07, 6.45) is 0. The molecule has 3 aromatic carbocycles. The Balaban J connectivity index is 2.00. The van der Waals surface area contributed by atoms with Crippen molar-refractivity contribution in [3.63, 3.8) is 0 Å². The molecule has 0 unspecified atom stereocenters. The molecule has 4 rings (SSSR count). The molecule has 0 radical (unpaired) electrons. The van der Waals surface area contributed by atoms with Gasteiger partial charge in [-0.1, -0.05) is 36.4 Å². The summed E-state index contributed by atoms with van der Waals surface area (Å²) in [5.74, 6) is -0.700. The van der Waals surface area contributed by atoms with Crippen LogP contribution in [0.25, 0.3) is 10.8 Å². The Hall–Kier alpha value is -1.02. The van der Waals surface area contributed by atoms with Crippen LogP contribution in [0.3, 0.4) is 0 Å². The summed E-state index contributed by atoms with van der Waals surface area (Å²) >= 11 is 13.8. The van der Waals surface area contributed by atoms with Gasteiger partial charge in [0.2, 0.25) is 0 Å². The van der Waals surface area contributed by atoms with Crippen molar-refractivity contribution in [2.75, 3.05) is 4.90 Å². The lowest BCUT2D eigenvalue weighted by Gasteiger charge is -2.16. The molecule has 1 heterocycles. The third-order valence-electron chi connectivity index (χ3n) is 4.11. The Morgan fingerprint density at radius 3 is 1.76 bits per heavy atom. The number of fused-ring (bicyclic) bond motifs is 2. The van der Waals surface area contributed by atoms with E-state index in [1.54, 1.807) is 6.07 Å². The minimum absolute atomic E-state index is 0.347. The lowest BCUT2D eigenvalue weighted by molar-refractivity contribution is 0.0926. The molecule has 0 aromatic heterocycles. The van der Waals surface area contributed by atoms with Gasteiger partial charge in [-0.05, 0) is 75.2 Å². The summed E-state index contributed by atoms with van der Waals surface area (Å²) in [7, 11) is 0. The van der Waals surface area contributed by atoms with Crippen LogP contribution in [-0.2, 0) is 0 Å². The van der Waals surface area contributed by atoms with Crippen LogP contribution in [0.2, 0.25) is 0 Å². The number of carbonyl (C=O) groups excluding carboxylic acids is 2. The number of amides is 2. The molecule has 0 N–H and O–H groups in total. The summed E-state index contributed by atoms with van der Waals surface area (Å²) < 4.78 is 2.47. The average Bonchev–Trinajstić information content (AvgIpc) is 2.88. The van der Waals surface area contributed by atoms with E-state index in [1.807, 2.05) is 36.4 Å². The van der Waals surface area contributed by atoms with Crippen LogP contribution in [0.4, 0.5) is 5.69 Å². The Morgan fingerprint density at radius 2 is 1.16 bits per heavy atom. The van der Waals surface area contributed by atoms with E-state index in [4.69, 9.17) is 0 Å². The molecule has 2 amide bonds. The first kappa shape index (κ1) is 17.4. The second kappa shape index (κ2) is 6.30. The predicted molar refractivity (Wildman–Crippen MR) is 112 cm³/mol. The summed E-state index contributed by atoms with van der Waals surface area (Å²) in [4.78, 5) is 27.4. The monoisotopic (exact) mass is 585 g/mol. The fraction of sp³-hybridized carbons (Fsp3) is 0. The van der Waals surface area contributed by atoms with E-state index in [-0.39, 0.29) is 11.8 Å². The lowest BCUT2D eigenvalue weighted by atomic mass is 10.1. The number of benzene rings is 3. The molecular weight excluding hydrogens is 582 g/mol. The number of hydrogen-bond donors (Lipinski definition) is 0. The van der Waals surface area contributed by atoms with Crippen molar-refractivity contribution in [1.82, 2.24) is 0 Å². The molecule has 0 spiro atoms. The van der Waals surface area contributed by atoms with Crippen molar-refractivity contribution in [1.29, 1.82) is 0 Å². The van der Waals surface area contributed by atoms with Gasteiger partial charge >= 0.3 is 0 Å². The largest absolute Gasteiger partial charge is 0.268 e. The highest BCUT2D eigenvalue weighted by Gasteiger charge is 2.42. The molecule has 3 nitrogen and oxygen atoms in total. The van der Waals surface area contributed by atoms with Gasteiger partial charge < -0.3 is 0 Å². The minimum Gasteiger partial charge on any atom is -0.268 e. The topological polar surface area (TPSA) is 37.4 Å². The van der Waals surface area contributed by atoms with Gasteiger partial charge in [-0.2, -0.15) is 0 Å². The molecular formula is C18H7Br4NO2. The molecule has 124 valence electrons. The number of anilines is 1. The predicted octanol–water partition coefficient (Wildman–Crippen LogP) is 6.69. The van der Waals surface area contributed by atoms with Gasteiger partial charge in [0.15, 0.2) is 0 Å². The number of carbonyl (C=O) groups is 2. The number of imide groups is 1. The Morgan fingerprint density at radius 1 is 0.640 bits per heavy atom. The second-order valence-electron chi connectivity index (χ2n) is 5.45. The van der Waals surface area contributed by atoms with Crippen molar-refractivity contribution in [2.24, 2.45) is 0 Å². The van der Waals surface area contributed by atoms with Crippen LogP contribution in [0, 0.1) is 0 Å². The van der Waals surface area contributed by atoms with Crippen molar-refractivity contribution in [2.45, 2.75) is 0 Å². The highest BCUT2D eigenvalue weighted by Crippen LogP contribution is 2.46. The van der Waals surface area contributed by atoms with Crippen LogP contribution >= 0.6 is 63.7 Å². The third kappa shape index (κ3) is 2.47. The van der Waals surface area contributed by atoms with Gasteiger partial charge in [-0.15, -0.1) is 0 Å². The highest BCUT2D eigenvalue weighted by molar-refractivity contribution is 9.15. The second-order valence-corrected chi connectivity index (χ2v) is 8.62. The quantitative estimate of drug-likeness (QED) is 0.180. The maximum atomic E-state index is 13.1. The normalized spacial score (nSPS) is 13.7. The van der Waals surface area contributed by atoms with Crippen molar-refractivity contribution in [3.05, 3.63) is 71.5 Å². The molecule has 0 saturated heterocycles. The number of hydrogen-bond acceptors (Lipinski definition) is 2. The molecule has 0 saturated carbocycles. The number of nitrogens with zero attached hydrogens (tertiary/aromatic N) is 1. The van der Waals surface area contributed by atoms with E-state index in [1.165, 1.54) is 4.90 Å². The van der Waals surface area contributed by atoms with E-state index in [9.17, 15) is 9.59 Å². The zero-order chi connectivity index (χ0) is 17.9. The van der Waals surface area contributed by atoms with Gasteiger partial charge in [-0.3, -0.25) is 9.59 Å². The molecule has 0 bridgehead atoms. The van der Waals surface area contributed by atoms with E-state index < -0.39 is 0 Å². The van der Waals surface area contributed by atoms with Gasteiger partial charge in [0, 0.05) is 23.3 Å². The van der Waals surface area contributed by atoms with Crippen molar-refractivity contribution >= 4 is 92.0 Å². The number of halogens is 4. The number of rotatable bonds is 1. The molecule has 7 heteroatoms. The van der Waals surface area contributed by atoms with Crippen LogP contribution < -0.4 is 4.90 Å². The molecule has 0 atom stereocenters. The fourth-order valence-corrected chi connectivity index (χ4v) is 5.43. The zero-order valence-corrected chi connectivity index (χ0v) is 18.7. The third-order valence-corrected chi connectivity index (χ3v) is 8.88. The molecule has 3 aromatic rings. The fourth-order valence-electron chi connectivity index (χ4n) is 2.97. The van der Waals surface area contributed by atoms with Gasteiger partial charge in [-0.25, -0.2) is 4.90 Å². The zero-order valence-electron chi connectivity index (χ0n) is 12.3. The van der Waals surface area contributed by atoms with Crippen molar-refractivity contribution < 1.29 is 9.59 Å². The van der Waals surface area contributed by atoms with Crippen LogP contribution in [0.15, 0.2) is 60.4 Å². The first-order chi connectivity index (χ1) is 11.9. The average molecular weight is 589 g/mol. The van der Waals surface area contributed by atoms with Crippen LogP contribution in [-0.4, -0.2) is 11.8 Å². The van der Waals surface area contributed by atoms with E-state index in [0.29, 0.717) is 34.7 Å². The van der Waals surface area contributed by atoms with E-state index in [0.717, 1.165) is 10.8 Å². The molecule has 25 heavy (non-hydrogen) atoms. The van der Waals surface area contributed by atoms with E-state index in [2.05, 4.69) is 63.7 Å². The van der Waals surface area contributed by atoms with Crippen LogP contribution in [0.1, 0.15) is 20.7 Å². The highest BCUT2D eigenvalue weighted by atomic mass is 79.9. The first-order valence-corrected chi connectivity index (χ1v) is 10.3. The molecule has 1 aliphatic rings. The Bertz CT molecular complexity index is 1040. The minimum atomic E-state index is -0.350. The Kier molecular flexibility index (Phi) is 4.38. The van der Waals surface area contributed by atoms with Gasteiger partial charge in [0.05, 0.1) is 16.8 Å². The van der Waals surface area contributed by atoms with Gasteiger partial charge in [0.1, 0.15) is 0 Å². The Labute approximate surface area is 176 Å². The molecule has 0 aliphatic carbocycles. The first-order valence-electron chi connectivity index (χ1n) is 7.16. The van der Waals surface area contributed by atoms with Crippen LogP contribution in [0.5, 0.6) is 0 Å². The van der Waals surface area contributed by atoms with Crippen molar-refractivity contribution in [3.8, 4) is 0 Å². The maximum Gasteiger partial charge on any atom is 0.267 e. The SMILES string of the molecule is O=C1c2c(Br)c(Br)c(Br)c(Br)c2C(=O)N1c1cccc2ccccc12. The summed E-state index contributed by atoms with van der Waals surface area (Å²) in [6, 6.07) is 13.3.